The first-order valence-corrected chi connectivity index (χ1v) is 21.9. The molecule has 3 aliphatic rings. The van der Waals surface area contributed by atoms with Gasteiger partial charge in [0.25, 0.3) is 0 Å². The van der Waals surface area contributed by atoms with Gasteiger partial charge in [0.05, 0.1) is 42.0 Å². The number of Topliss-reactive ketones (excluding diaryl/α,β-unsaturated/α-hetero) is 2. The lowest BCUT2D eigenvalue weighted by Crippen LogP contribution is -2.56. The molecule has 0 radical (unpaired) electrons. The minimum absolute atomic E-state index is 0.0664. The van der Waals surface area contributed by atoms with Crippen molar-refractivity contribution >= 4 is 50.8 Å². The summed E-state index contributed by atoms with van der Waals surface area (Å²) in [5, 5.41) is 58.2. The van der Waals surface area contributed by atoms with Crippen LogP contribution in [0, 0.1) is 5.41 Å². The molecule has 318 valence electrons. The fraction of sp³-hybridized carbons (Fsp3) is 0.585. The second-order valence-corrected chi connectivity index (χ2v) is 18.3. The molecule has 1 amide bonds. The number of aliphatic hydroxyl groups is 3. The Morgan fingerprint density at radius 1 is 1.00 bits per heavy atom. The van der Waals surface area contributed by atoms with Crippen molar-refractivity contribution in [2.45, 2.75) is 115 Å². The van der Waals surface area contributed by atoms with E-state index in [2.05, 4.69) is 5.32 Å². The smallest absolute Gasteiger partial charge is 0.407 e. The third-order valence-electron chi connectivity index (χ3n) is 11.3. The van der Waals surface area contributed by atoms with Crippen molar-refractivity contribution in [3.63, 3.8) is 0 Å². The predicted molar refractivity (Wildman–Crippen MR) is 215 cm³/mol. The van der Waals surface area contributed by atoms with E-state index in [9.17, 15) is 49.5 Å². The van der Waals surface area contributed by atoms with E-state index < -0.39 is 102 Å². The van der Waals surface area contributed by atoms with Crippen molar-refractivity contribution in [2.75, 3.05) is 31.8 Å². The van der Waals surface area contributed by atoms with Crippen LogP contribution < -0.4 is 10.1 Å². The number of hydrogen-bond donors (Lipinski definition) is 6. The van der Waals surface area contributed by atoms with Crippen LogP contribution in [0.5, 0.6) is 17.2 Å². The zero-order chi connectivity index (χ0) is 42.5. The summed E-state index contributed by atoms with van der Waals surface area (Å²) in [4.78, 5) is 65.1. The van der Waals surface area contributed by atoms with E-state index in [0.29, 0.717) is 5.75 Å². The maximum atomic E-state index is 13.9. The SMILES string of the molecule is COc1cccc2c1C(=O)c1c(O)c3c(c(O)c1C2=O)C[C@@](O)(C(=O)CO)C[C@@H]3O[C@H]1C[C@H](NC(=O)OCCSSCCCCCCC(C)(C)C(C)=O)[C@H](O)[C@H](C)O1. The number of hydrogen-bond acceptors (Lipinski definition) is 16. The third kappa shape index (κ3) is 9.67. The largest absolute Gasteiger partial charge is 0.507 e. The van der Waals surface area contributed by atoms with Crippen LogP contribution in [0.3, 0.4) is 0 Å². The number of carbonyl (C=O) groups excluding carboxylic acids is 5. The number of carbonyl (C=O) groups is 5. The number of nitrogens with one attached hydrogen (secondary N) is 1. The molecule has 0 unspecified atom stereocenters. The number of phenols is 2. The first kappa shape index (κ1) is 45.4. The van der Waals surface area contributed by atoms with E-state index in [4.69, 9.17) is 18.9 Å². The van der Waals surface area contributed by atoms with Gasteiger partial charge in [0.15, 0.2) is 17.9 Å². The predicted octanol–water partition coefficient (Wildman–Crippen LogP) is 4.72. The summed E-state index contributed by atoms with van der Waals surface area (Å²) in [6.07, 6.45) is -1.86. The quantitative estimate of drug-likeness (QED) is 0.0578. The Morgan fingerprint density at radius 2 is 1.69 bits per heavy atom. The first-order valence-electron chi connectivity index (χ1n) is 19.4. The van der Waals surface area contributed by atoms with Gasteiger partial charge >= 0.3 is 6.09 Å². The molecule has 6 N–H and O–H groups in total. The van der Waals surface area contributed by atoms with Gasteiger partial charge in [-0.25, -0.2) is 4.79 Å². The molecule has 1 saturated heterocycles. The summed E-state index contributed by atoms with van der Waals surface area (Å²) < 4.78 is 22.8. The highest BCUT2D eigenvalue weighted by molar-refractivity contribution is 8.76. The van der Waals surface area contributed by atoms with Gasteiger partial charge in [0.1, 0.15) is 48.0 Å². The number of methoxy groups -OCH3 is 1. The molecule has 17 heteroatoms. The maximum absolute atomic E-state index is 13.9. The standard InChI is InChI=1S/C41H53NO14S2/c1-21-34(46)25(42-39(51)54-14-16-58-57-15-9-7-6-8-13-40(3,4)22(2)44)17-29(55-21)56-27-19-41(52,28(45)20-43)18-24-31(27)38(50)33-32(36(24)48)35(47)23-11-10-12-26(53-5)30(23)37(33)49/h10-12,21,25,27,29,34,43,46,48,50,52H,6-9,13-20H2,1-5H3,(H,42,51)/t21-,25-,27-,29-,34+,41-/m0/s1. The lowest BCUT2D eigenvalue weighted by atomic mass is 9.72. The van der Waals surface area contributed by atoms with Crippen molar-refractivity contribution in [1.82, 2.24) is 5.32 Å². The molecular formula is C41H53NO14S2. The van der Waals surface area contributed by atoms with Gasteiger partial charge in [-0.05, 0) is 32.8 Å². The Labute approximate surface area is 344 Å². The minimum Gasteiger partial charge on any atom is -0.507 e. The van der Waals surface area contributed by atoms with E-state index in [1.54, 1.807) is 28.5 Å². The minimum atomic E-state index is -2.33. The molecule has 0 bridgehead atoms. The first-order chi connectivity index (χ1) is 27.4. The number of rotatable bonds is 18. The number of phenolic OH excluding ortho intramolecular Hbond substituents is 2. The zero-order valence-electron chi connectivity index (χ0n) is 33.3. The van der Waals surface area contributed by atoms with Crippen LogP contribution in [0.25, 0.3) is 0 Å². The van der Waals surface area contributed by atoms with Crippen LogP contribution in [-0.4, -0.2) is 117 Å². The average molecular weight is 848 g/mol. The molecule has 2 aromatic carbocycles. The molecule has 0 saturated carbocycles. The van der Waals surface area contributed by atoms with Gasteiger partial charge in [-0.2, -0.15) is 0 Å². The number of benzene rings is 2. The number of amides is 1. The van der Waals surface area contributed by atoms with E-state index in [-0.39, 0.29) is 52.2 Å². The molecule has 2 aliphatic carbocycles. The van der Waals surface area contributed by atoms with E-state index in [0.717, 1.165) is 37.9 Å². The van der Waals surface area contributed by atoms with Gasteiger partial charge in [0, 0.05) is 52.9 Å². The Kier molecular flexibility index (Phi) is 15.0. The van der Waals surface area contributed by atoms with Crippen LogP contribution >= 0.6 is 21.6 Å². The van der Waals surface area contributed by atoms with Crippen LogP contribution in [-0.2, 0) is 30.2 Å². The maximum Gasteiger partial charge on any atom is 0.407 e. The second kappa shape index (κ2) is 19.1. The van der Waals surface area contributed by atoms with Crippen LogP contribution in [0.1, 0.15) is 122 Å². The van der Waals surface area contributed by atoms with Crippen LogP contribution in [0.4, 0.5) is 4.79 Å². The Balaban J connectivity index is 1.23. The van der Waals surface area contributed by atoms with E-state index >= 15 is 0 Å². The summed E-state index contributed by atoms with van der Waals surface area (Å²) in [6.45, 7) is 6.17. The second-order valence-electron chi connectivity index (χ2n) is 15.6. The topological polar surface area (TPSA) is 235 Å². The van der Waals surface area contributed by atoms with Gasteiger partial charge in [-0.15, -0.1) is 0 Å². The van der Waals surface area contributed by atoms with Crippen molar-refractivity contribution in [2.24, 2.45) is 5.41 Å². The average Bonchev–Trinajstić information content (AvgIpc) is 3.18. The van der Waals surface area contributed by atoms with Crippen molar-refractivity contribution in [3.05, 3.63) is 51.6 Å². The Morgan fingerprint density at radius 3 is 2.38 bits per heavy atom. The highest BCUT2D eigenvalue weighted by Crippen LogP contribution is 2.52. The van der Waals surface area contributed by atoms with Crippen LogP contribution in [0.15, 0.2) is 18.2 Å². The number of unbranched alkanes of at least 4 members (excludes halogenated alkanes) is 3. The lowest BCUT2D eigenvalue weighted by molar-refractivity contribution is -0.249. The highest BCUT2D eigenvalue weighted by Gasteiger charge is 2.50. The summed E-state index contributed by atoms with van der Waals surface area (Å²) in [5.74, 6) is -2.35. The fourth-order valence-corrected chi connectivity index (χ4v) is 9.57. The van der Waals surface area contributed by atoms with Crippen molar-refractivity contribution in [1.29, 1.82) is 0 Å². The summed E-state index contributed by atoms with van der Waals surface area (Å²) >= 11 is 0. The molecule has 5 rings (SSSR count). The zero-order valence-corrected chi connectivity index (χ0v) is 35.0. The Hall–Kier alpha value is -3.71. The van der Waals surface area contributed by atoms with Gasteiger partial charge in [0.2, 0.25) is 5.78 Å². The number of aromatic hydroxyl groups is 2. The fourth-order valence-electron chi connectivity index (χ4n) is 7.60. The molecule has 1 heterocycles. The monoisotopic (exact) mass is 847 g/mol. The normalized spacial score (nSPS) is 24.0. The number of aliphatic hydroxyl groups excluding tert-OH is 2. The summed E-state index contributed by atoms with van der Waals surface area (Å²) in [7, 11) is 4.57. The number of ketones is 4. The van der Waals surface area contributed by atoms with Crippen molar-refractivity contribution < 1.29 is 68.5 Å². The molecule has 58 heavy (non-hydrogen) atoms. The lowest BCUT2D eigenvalue weighted by Gasteiger charge is -2.42. The Bertz CT molecular complexity index is 1900. The molecule has 1 aliphatic heterocycles. The van der Waals surface area contributed by atoms with Gasteiger partial charge in [-0.1, -0.05) is 66.8 Å². The molecule has 6 atom stereocenters. The molecule has 15 nitrogen and oxygen atoms in total. The molecule has 2 aromatic rings. The number of fused-ring (bicyclic) bond motifs is 3. The molecule has 1 fully saturated rings. The van der Waals surface area contributed by atoms with Crippen LogP contribution in [0.2, 0.25) is 0 Å². The summed E-state index contributed by atoms with van der Waals surface area (Å²) in [5.41, 5.74) is -4.27. The van der Waals surface area contributed by atoms with Gasteiger partial charge in [-0.3, -0.25) is 19.2 Å². The molecule has 0 spiro atoms. The summed E-state index contributed by atoms with van der Waals surface area (Å²) in [6, 6.07) is 3.38. The number of alkyl carbamates (subject to hydrolysis) is 1. The molecular weight excluding hydrogens is 795 g/mol. The molecule has 0 aromatic heterocycles. The highest BCUT2D eigenvalue weighted by atomic mass is 33.1. The van der Waals surface area contributed by atoms with E-state index in [1.165, 1.54) is 32.2 Å². The third-order valence-corrected chi connectivity index (χ3v) is 13.7. The van der Waals surface area contributed by atoms with E-state index in [1.807, 2.05) is 13.8 Å². The van der Waals surface area contributed by atoms with Gasteiger partial charge < -0.3 is 49.8 Å². The van der Waals surface area contributed by atoms with Crippen molar-refractivity contribution in [3.8, 4) is 17.2 Å². The number of ether oxygens (including phenoxy) is 4.